The summed E-state index contributed by atoms with van der Waals surface area (Å²) in [5, 5.41) is 0. The lowest BCUT2D eigenvalue weighted by molar-refractivity contribution is -0.140. The van der Waals surface area contributed by atoms with Crippen molar-refractivity contribution in [1.82, 2.24) is 4.72 Å². The van der Waals surface area contributed by atoms with Crippen molar-refractivity contribution in [2.24, 2.45) is 5.73 Å². The van der Waals surface area contributed by atoms with Gasteiger partial charge in [-0.1, -0.05) is 0 Å². The van der Waals surface area contributed by atoms with Gasteiger partial charge < -0.3 is 10.5 Å². The molecule has 0 aliphatic heterocycles. The predicted octanol–water partition coefficient (Wildman–Crippen LogP) is -0.134. The quantitative estimate of drug-likeness (QED) is 0.357. The van der Waals surface area contributed by atoms with Crippen LogP contribution in [0, 0.1) is 0 Å². The number of methoxy groups -OCH3 is 1. The van der Waals surface area contributed by atoms with Crippen LogP contribution < -0.4 is 10.5 Å². The molecule has 0 bridgehead atoms. The van der Waals surface area contributed by atoms with E-state index in [0.717, 1.165) is 11.9 Å². The van der Waals surface area contributed by atoms with Crippen molar-refractivity contribution in [1.29, 1.82) is 0 Å². The van der Waals surface area contributed by atoms with Gasteiger partial charge in [0.1, 0.15) is 0 Å². The van der Waals surface area contributed by atoms with Gasteiger partial charge in [-0.05, 0) is 11.9 Å². The molecule has 0 saturated carbocycles. The minimum Gasteiger partial charge on any atom is -0.469 e. The Labute approximate surface area is 68.8 Å². The number of amides is 2. The number of carbonyl (C=O) groups is 2. The van der Waals surface area contributed by atoms with E-state index in [4.69, 9.17) is 5.73 Å². The molecule has 0 aliphatic rings. The minimum absolute atomic E-state index is 0.265. The number of hydrogen-bond donors (Lipinski definition) is 2. The average molecular weight is 178 g/mol. The first-order valence-electron chi connectivity index (χ1n) is 2.91. The molecule has 11 heavy (non-hydrogen) atoms. The number of hydrogen-bond acceptors (Lipinski definition) is 4. The first-order valence-corrected chi connectivity index (χ1v) is 3.89. The number of urea groups is 1. The lowest BCUT2D eigenvalue weighted by Gasteiger charge is -1.98. The van der Waals surface area contributed by atoms with Crippen molar-refractivity contribution in [2.45, 2.75) is 6.42 Å². The van der Waals surface area contributed by atoms with Crippen molar-refractivity contribution in [3.8, 4) is 0 Å². The van der Waals surface area contributed by atoms with E-state index in [9.17, 15) is 9.59 Å². The highest BCUT2D eigenvalue weighted by Gasteiger charge is 1.99. The zero-order chi connectivity index (χ0) is 8.69. The van der Waals surface area contributed by atoms with Gasteiger partial charge in [-0.2, -0.15) is 0 Å². The second-order valence-corrected chi connectivity index (χ2v) is 2.54. The number of esters is 1. The Morgan fingerprint density at radius 3 is 2.73 bits per heavy atom. The van der Waals surface area contributed by atoms with Crippen LogP contribution in [0.25, 0.3) is 0 Å². The highest BCUT2D eigenvalue weighted by atomic mass is 32.2. The molecule has 6 heteroatoms. The smallest absolute Gasteiger partial charge is 0.322 e. The van der Waals surface area contributed by atoms with Crippen LogP contribution in [-0.2, 0) is 9.53 Å². The largest absolute Gasteiger partial charge is 0.469 e. The molecule has 0 radical (unpaired) electrons. The maximum atomic E-state index is 10.5. The molecule has 64 valence electrons. The van der Waals surface area contributed by atoms with Gasteiger partial charge in [-0.15, -0.1) is 0 Å². The summed E-state index contributed by atoms with van der Waals surface area (Å²) < 4.78 is 6.63. The van der Waals surface area contributed by atoms with Crippen LogP contribution in [0.4, 0.5) is 4.79 Å². The molecule has 3 N–H and O–H groups in total. The van der Waals surface area contributed by atoms with Gasteiger partial charge in [0.25, 0.3) is 0 Å². The summed E-state index contributed by atoms with van der Waals surface area (Å²) in [6.45, 7) is 0. The number of primary amides is 1. The second kappa shape index (κ2) is 5.84. The number of rotatable bonds is 4. The van der Waals surface area contributed by atoms with Gasteiger partial charge in [0.05, 0.1) is 13.5 Å². The Hall–Kier alpha value is -0.910. The highest BCUT2D eigenvalue weighted by Crippen LogP contribution is 1.96. The van der Waals surface area contributed by atoms with Crippen LogP contribution in [0.15, 0.2) is 0 Å². The molecule has 0 rings (SSSR count). The summed E-state index contributed by atoms with van der Waals surface area (Å²) in [7, 11) is 1.31. The van der Waals surface area contributed by atoms with Crippen LogP contribution in [0.2, 0.25) is 0 Å². The molecule has 2 amide bonds. The Bertz CT molecular complexity index is 151. The maximum absolute atomic E-state index is 10.5. The van der Waals surface area contributed by atoms with Crippen molar-refractivity contribution in [3.05, 3.63) is 0 Å². The molecule has 0 spiro atoms. The zero-order valence-electron chi connectivity index (χ0n) is 6.12. The third kappa shape index (κ3) is 6.98. The van der Waals surface area contributed by atoms with Gasteiger partial charge in [-0.25, -0.2) is 4.79 Å². The summed E-state index contributed by atoms with van der Waals surface area (Å²) in [6, 6.07) is -0.611. The summed E-state index contributed by atoms with van der Waals surface area (Å²) >= 11 is 1.08. The normalized spacial score (nSPS) is 8.82. The number of ether oxygens (including phenoxy) is 1. The van der Waals surface area contributed by atoms with Crippen LogP contribution in [-0.4, -0.2) is 24.9 Å². The number of nitrogens with one attached hydrogen (secondary N) is 1. The first-order chi connectivity index (χ1) is 5.16. The van der Waals surface area contributed by atoms with E-state index in [2.05, 4.69) is 9.46 Å². The predicted molar refractivity (Wildman–Crippen MR) is 41.8 cm³/mol. The lowest BCUT2D eigenvalue weighted by Crippen LogP contribution is -2.23. The molecular weight excluding hydrogens is 168 g/mol. The van der Waals surface area contributed by atoms with E-state index in [-0.39, 0.29) is 12.4 Å². The Morgan fingerprint density at radius 2 is 2.27 bits per heavy atom. The van der Waals surface area contributed by atoms with E-state index < -0.39 is 6.03 Å². The van der Waals surface area contributed by atoms with E-state index in [1.165, 1.54) is 7.11 Å². The Kier molecular flexibility index (Phi) is 5.36. The fraction of sp³-hybridized carbons (Fsp3) is 0.600. The molecule has 0 aromatic heterocycles. The average Bonchev–Trinajstić information content (AvgIpc) is 1.97. The molecular formula is C5H10N2O3S. The lowest BCUT2D eigenvalue weighted by atomic mass is 10.5. The van der Waals surface area contributed by atoms with Crippen molar-refractivity contribution >= 4 is 23.9 Å². The molecule has 0 heterocycles. The first kappa shape index (κ1) is 10.1. The minimum atomic E-state index is -0.611. The molecule has 0 atom stereocenters. The molecule has 0 aromatic carbocycles. The van der Waals surface area contributed by atoms with Crippen molar-refractivity contribution < 1.29 is 14.3 Å². The van der Waals surface area contributed by atoms with Gasteiger partial charge in [0.15, 0.2) is 0 Å². The van der Waals surface area contributed by atoms with E-state index in [1.54, 1.807) is 0 Å². The SMILES string of the molecule is COC(=O)CCSNC(N)=O. The Morgan fingerprint density at radius 1 is 1.64 bits per heavy atom. The summed E-state index contributed by atoms with van der Waals surface area (Å²) in [4.78, 5) is 20.6. The summed E-state index contributed by atoms with van der Waals surface area (Å²) in [5.74, 6) is 0.166. The molecule has 0 fully saturated rings. The van der Waals surface area contributed by atoms with E-state index in [1.807, 2.05) is 0 Å². The Balaban J connectivity index is 3.14. The van der Waals surface area contributed by atoms with Crippen molar-refractivity contribution in [2.75, 3.05) is 12.9 Å². The fourth-order valence-corrected chi connectivity index (χ4v) is 0.872. The van der Waals surface area contributed by atoms with Crippen molar-refractivity contribution in [3.63, 3.8) is 0 Å². The van der Waals surface area contributed by atoms with Gasteiger partial charge >= 0.3 is 12.0 Å². The van der Waals surface area contributed by atoms with Gasteiger partial charge in [0, 0.05) is 5.75 Å². The van der Waals surface area contributed by atoms with Crippen LogP contribution in [0.5, 0.6) is 0 Å². The molecule has 0 saturated heterocycles. The van der Waals surface area contributed by atoms with Crippen LogP contribution in [0.1, 0.15) is 6.42 Å². The number of carbonyl (C=O) groups excluding carboxylic acids is 2. The van der Waals surface area contributed by atoms with E-state index in [0.29, 0.717) is 5.75 Å². The van der Waals surface area contributed by atoms with Crippen LogP contribution >= 0.6 is 11.9 Å². The van der Waals surface area contributed by atoms with Crippen LogP contribution in [0.3, 0.4) is 0 Å². The topological polar surface area (TPSA) is 81.4 Å². The molecule has 0 aliphatic carbocycles. The molecule has 5 nitrogen and oxygen atoms in total. The molecule has 0 aromatic rings. The third-order valence-electron chi connectivity index (χ3n) is 0.809. The monoisotopic (exact) mass is 178 g/mol. The fourth-order valence-electron chi connectivity index (χ4n) is 0.359. The van der Waals surface area contributed by atoms with Gasteiger partial charge in [0.2, 0.25) is 0 Å². The molecule has 0 unspecified atom stereocenters. The second-order valence-electron chi connectivity index (χ2n) is 1.64. The summed E-state index contributed by atoms with van der Waals surface area (Å²) in [6.07, 6.45) is 0.265. The maximum Gasteiger partial charge on any atom is 0.322 e. The van der Waals surface area contributed by atoms with Gasteiger partial charge in [-0.3, -0.25) is 9.52 Å². The van der Waals surface area contributed by atoms with E-state index >= 15 is 0 Å². The highest BCUT2D eigenvalue weighted by molar-refractivity contribution is 7.97. The number of nitrogens with two attached hydrogens (primary N) is 1. The summed E-state index contributed by atoms with van der Waals surface area (Å²) in [5.41, 5.74) is 4.75. The third-order valence-corrected chi connectivity index (χ3v) is 1.56. The zero-order valence-corrected chi connectivity index (χ0v) is 6.94. The standard InChI is InChI=1S/C5H10N2O3S/c1-10-4(8)2-3-11-7-5(6)9/h2-3H2,1H3,(H3,6,7,9).